The highest BCUT2D eigenvalue weighted by molar-refractivity contribution is 5.28. The molecule has 1 unspecified atom stereocenters. The van der Waals surface area contributed by atoms with Gasteiger partial charge in [0.1, 0.15) is 0 Å². The fourth-order valence-electron chi connectivity index (χ4n) is 2.53. The maximum Gasteiger partial charge on any atom is 0.203 e. The van der Waals surface area contributed by atoms with E-state index in [1.807, 2.05) is 12.4 Å². The Kier molecular flexibility index (Phi) is 4.42. The Morgan fingerprint density at radius 3 is 2.94 bits per heavy atom. The van der Waals surface area contributed by atoms with Crippen LogP contribution >= 0.6 is 0 Å². The number of aromatic nitrogens is 2. The molecule has 1 saturated carbocycles. The lowest BCUT2D eigenvalue weighted by Crippen LogP contribution is -2.25. The molecule has 0 saturated heterocycles. The summed E-state index contributed by atoms with van der Waals surface area (Å²) in [4.78, 5) is 4.41. The molecule has 1 heterocycles. The molecule has 1 aromatic heterocycles. The minimum Gasteiger partial charge on any atom is -0.383 e. The van der Waals surface area contributed by atoms with Gasteiger partial charge in [0.05, 0.1) is 12.6 Å². The van der Waals surface area contributed by atoms with Crippen LogP contribution in [0, 0.1) is 0 Å². The van der Waals surface area contributed by atoms with Gasteiger partial charge in [-0.05, 0) is 19.8 Å². The summed E-state index contributed by atoms with van der Waals surface area (Å²) in [5, 5.41) is 3.57. The molecule has 1 aliphatic carbocycles. The maximum absolute atomic E-state index is 5.20. The van der Waals surface area contributed by atoms with Crippen molar-refractivity contribution in [3.05, 3.63) is 12.4 Å². The van der Waals surface area contributed by atoms with Crippen molar-refractivity contribution in [3.8, 4) is 0 Å². The molecule has 1 aromatic rings. The van der Waals surface area contributed by atoms with Crippen LogP contribution in [0.3, 0.4) is 0 Å². The van der Waals surface area contributed by atoms with E-state index in [1.165, 1.54) is 32.1 Å². The van der Waals surface area contributed by atoms with Crippen LogP contribution < -0.4 is 5.32 Å². The van der Waals surface area contributed by atoms with Gasteiger partial charge < -0.3 is 14.6 Å². The van der Waals surface area contributed by atoms with Crippen LogP contribution in [-0.4, -0.2) is 29.3 Å². The van der Waals surface area contributed by atoms with E-state index in [0.29, 0.717) is 12.1 Å². The molecular formula is C13H23N3O. The Labute approximate surface area is 103 Å². The number of rotatable bonds is 5. The lowest BCUT2D eigenvalue weighted by atomic mass is 9.96. The Balaban J connectivity index is 1.97. The zero-order valence-corrected chi connectivity index (χ0v) is 10.9. The molecule has 4 nitrogen and oxygen atoms in total. The topological polar surface area (TPSA) is 39.1 Å². The molecule has 2 rings (SSSR count). The minimum atomic E-state index is 0.327. The molecule has 1 aliphatic rings. The first kappa shape index (κ1) is 12.4. The van der Waals surface area contributed by atoms with Crippen LogP contribution in [0.1, 0.15) is 45.1 Å². The van der Waals surface area contributed by atoms with Crippen LogP contribution in [0.15, 0.2) is 12.4 Å². The van der Waals surface area contributed by atoms with Gasteiger partial charge in [0.25, 0.3) is 0 Å². The van der Waals surface area contributed by atoms with Gasteiger partial charge in [-0.3, -0.25) is 0 Å². The van der Waals surface area contributed by atoms with Crippen LogP contribution in [0.4, 0.5) is 5.95 Å². The first-order chi connectivity index (χ1) is 8.31. The van der Waals surface area contributed by atoms with Gasteiger partial charge in [-0.15, -0.1) is 0 Å². The van der Waals surface area contributed by atoms with Gasteiger partial charge in [-0.1, -0.05) is 19.3 Å². The Morgan fingerprint density at radius 1 is 1.47 bits per heavy atom. The SMILES string of the molecule is COCC(C)n1ccnc1NC1CCCCC1. The summed E-state index contributed by atoms with van der Waals surface area (Å²) in [5.74, 6) is 0.987. The van der Waals surface area contributed by atoms with Crippen molar-refractivity contribution in [2.24, 2.45) is 0 Å². The van der Waals surface area contributed by atoms with E-state index >= 15 is 0 Å². The Hall–Kier alpha value is -1.03. The number of nitrogens with zero attached hydrogens (tertiary/aromatic N) is 2. The summed E-state index contributed by atoms with van der Waals surface area (Å²) >= 11 is 0. The minimum absolute atomic E-state index is 0.327. The molecule has 1 atom stereocenters. The van der Waals surface area contributed by atoms with E-state index in [-0.39, 0.29) is 0 Å². The van der Waals surface area contributed by atoms with Crippen molar-refractivity contribution in [3.63, 3.8) is 0 Å². The largest absolute Gasteiger partial charge is 0.383 e. The van der Waals surface area contributed by atoms with E-state index in [9.17, 15) is 0 Å². The van der Waals surface area contributed by atoms with Gasteiger partial charge >= 0.3 is 0 Å². The molecule has 4 heteroatoms. The van der Waals surface area contributed by atoms with Gasteiger partial charge in [-0.25, -0.2) is 4.98 Å². The van der Waals surface area contributed by atoms with Crippen molar-refractivity contribution in [2.45, 2.75) is 51.1 Å². The van der Waals surface area contributed by atoms with E-state index in [2.05, 4.69) is 21.8 Å². The van der Waals surface area contributed by atoms with Crippen molar-refractivity contribution >= 4 is 5.95 Å². The number of methoxy groups -OCH3 is 1. The highest BCUT2D eigenvalue weighted by Gasteiger charge is 2.16. The highest BCUT2D eigenvalue weighted by atomic mass is 16.5. The van der Waals surface area contributed by atoms with Crippen molar-refractivity contribution < 1.29 is 4.74 Å². The first-order valence-electron chi connectivity index (χ1n) is 6.59. The van der Waals surface area contributed by atoms with Crippen LogP contribution in [-0.2, 0) is 4.74 Å². The van der Waals surface area contributed by atoms with Gasteiger partial charge in [0.2, 0.25) is 5.95 Å². The van der Waals surface area contributed by atoms with E-state index < -0.39 is 0 Å². The average molecular weight is 237 g/mol. The Bertz CT molecular complexity index is 331. The van der Waals surface area contributed by atoms with E-state index in [1.54, 1.807) is 7.11 Å². The van der Waals surface area contributed by atoms with Crippen LogP contribution in [0.25, 0.3) is 0 Å². The van der Waals surface area contributed by atoms with Crippen molar-refractivity contribution in [2.75, 3.05) is 19.0 Å². The smallest absolute Gasteiger partial charge is 0.203 e. The third kappa shape index (κ3) is 3.22. The van der Waals surface area contributed by atoms with Crippen molar-refractivity contribution in [1.82, 2.24) is 9.55 Å². The van der Waals surface area contributed by atoms with Crippen LogP contribution in [0.2, 0.25) is 0 Å². The molecule has 0 spiro atoms. The molecule has 0 radical (unpaired) electrons. The van der Waals surface area contributed by atoms with E-state index in [4.69, 9.17) is 4.74 Å². The Morgan fingerprint density at radius 2 is 2.24 bits per heavy atom. The molecule has 1 fully saturated rings. The second-order valence-corrected chi connectivity index (χ2v) is 4.94. The third-order valence-electron chi connectivity index (χ3n) is 3.49. The van der Waals surface area contributed by atoms with E-state index in [0.717, 1.165) is 12.6 Å². The van der Waals surface area contributed by atoms with Crippen molar-refractivity contribution in [1.29, 1.82) is 0 Å². The fraction of sp³-hybridized carbons (Fsp3) is 0.769. The second kappa shape index (κ2) is 6.05. The third-order valence-corrected chi connectivity index (χ3v) is 3.49. The van der Waals surface area contributed by atoms with Gasteiger partial charge in [0, 0.05) is 25.5 Å². The molecule has 1 N–H and O–H groups in total. The normalized spacial score (nSPS) is 19.2. The van der Waals surface area contributed by atoms with Gasteiger partial charge in [-0.2, -0.15) is 0 Å². The highest BCUT2D eigenvalue weighted by Crippen LogP contribution is 2.22. The predicted molar refractivity (Wildman–Crippen MR) is 69.3 cm³/mol. The molecular weight excluding hydrogens is 214 g/mol. The molecule has 96 valence electrons. The number of hydrogen-bond acceptors (Lipinski definition) is 3. The fourth-order valence-corrected chi connectivity index (χ4v) is 2.53. The summed E-state index contributed by atoms with van der Waals surface area (Å²) in [6, 6.07) is 0.924. The summed E-state index contributed by atoms with van der Waals surface area (Å²) < 4.78 is 7.36. The molecule has 0 aliphatic heterocycles. The number of nitrogens with one attached hydrogen (secondary N) is 1. The zero-order chi connectivity index (χ0) is 12.1. The lowest BCUT2D eigenvalue weighted by molar-refractivity contribution is 0.163. The summed E-state index contributed by atoms with van der Waals surface area (Å²) in [5.41, 5.74) is 0. The number of ether oxygens (including phenoxy) is 1. The van der Waals surface area contributed by atoms with Gasteiger partial charge in [0.15, 0.2) is 0 Å². The molecule has 0 amide bonds. The summed E-state index contributed by atoms with van der Waals surface area (Å²) in [6.45, 7) is 2.87. The lowest BCUT2D eigenvalue weighted by Gasteiger charge is -2.25. The summed E-state index contributed by atoms with van der Waals surface area (Å²) in [7, 11) is 1.74. The molecule has 17 heavy (non-hydrogen) atoms. The average Bonchev–Trinajstić information content (AvgIpc) is 2.79. The zero-order valence-electron chi connectivity index (χ0n) is 10.9. The molecule has 0 bridgehead atoms. The number of anilines is 1. The standard InChI is InChI=1S/C13H23N3O/c1-11(10-17-2)16-9-8-14-13(16)15-12-6-4-3-5-7-12/h8-9,11-12H,3-7,10H2,1-2H3,(H,14,15). The van der Waals surface area contributed by atoms with Crippen LogP contribution in [0.5, 0.6) is 0 Å². The first-order valence-corrected chi connectivity index (χ1v) is 6.59. The number of imidazole rings is 1. The molecule has 0 aromatic carbocycles. The predicted octanol–water partition coefficient (Wildman–Crippen LogP) is 2.84. The second-order valence-electron chi connectivity index (χ2n) is 4.94. The maximum atomic E-state index is 5.20. The summed E-state index contributed by atoms with van der Waals surface area (Å²) in [6.07, 6.45) is 10.5. The quantitative estimate of drug-likeness (QED) is 0.856. The number of hydrogen-bond donors (Lipinski definition) is 1. The monoisotopic (exact) mass is 237 g/mol.